The Labute approximate surface area is 109 Å². The van der Waals surface area contributed by atoms with Crippen molar-refractivity contribution in [3.05, 3.63) is 46.7 Å². The first-order valence-corrected chi connectivity index (χ1v) is 7.30. The van der Waals surface area contributed by atoms with Crippen LogP contribution in [0.15, 0.2) is 46.7 Å². The van der Waals surface area contributed by atoms with E-state index in [9.17, 15) is 5.11 Å². The van der Waals surface area contributed by atoms with E-state index in [0.717, 1.165) is 17.0 Å². The molecule has 1 atom stereocenters. The van der Waals surface area contributed by atoms with Crippen molar-refractivity contribution in [2.45, 2.75) is 17.4 Å². The molecular weight excluding hydrogens is 250 g/mol. The summed E-state index contributed by atoms with van der Waals surface area (Å²) in [5.74, 6) is 0.673. The minimum absolute atomic E-state index is 0.321. The Morgan fingerprint density at radius 3 is 2.76 bits per heavy atom. The van der Waals surface area contributed by atoms with Gasteiger partial charge in [0, 0.05) is 27.6 Å². The SMILES string of the molecule is Nc1ccccc1SCC(O)Cc1cccs1. The molecule has 0 radical (unpaired) electrons. The molecule has 2 rings (SSSR count). The average molecular weight is 265 g/mol. The van der Waals surface area contributed by atoms with E-state index < -0.39 is 0 Å². The van der Waals surface area contributed by atoms with Crippen molar-refractivity contribution in [1.29, 1.82) is 0 Å². The van der Waals surface area contributed by atoms with Crippen molar-refractivity contribution >= 4 is 28.8 Å². The third-order valence-corrected chi connectivity index (χ3v) is 4.50. The number of benzene rings is 1. The summed E-state index contributed by atoms with van der Waals surface area (Å²) in [4.78, 5) is 2.26. The Morgan fingerprint density at radius 2 is 2.06 bits per heavy atom. The van der Waals surface area contributed by atoms with Gasteiger partial charge in [0.15, 0.2) is 0 Å². The van der Waals surface area contributed by atoms with Gasteiger partial charge in [-0.1, -0.05) is 18.2 Å². The maximum absolute atomic E-state index is 9.92. The first-order chi connectivity index (χ1) is 8.25. The maximum atomic E-state index is 9.92. The fourth-order valence-corrected chi connectivity index (χ4v) is 3.19. The number of aliphatic hydroxyl groups is 1. The molecule has 0 saturated carbocycles. The van der Waals surface area contributed by atoms with Crippen LogP contribution >= 0.6 is 23.1 Å². The van der Waals surface area contributed by atoms with Gasteiger partial charge in [-0.2, -0.15) is 0 Å². The van der Waals surface area contributed by atoms with E-state index in [0.29, 0.717) is 5.75 Å². The van der Waals surface area contributed by atoms with Gasteiger partial charge in [0.2, 0.25) is 0 Å². The summed E-state index contributed by atoms with van der Waals surface area (Å²) in [6, 6.07) is 11.8. The molecule has 0 fully saturated rings. The topological polar surface area (TPSA) is 46.2 Å². The number of thiophene rings is 1. The van der Waals surface area contributed by atoms with Crippen molar-refractivity contribution in [3.63, 3.8) is 0 Å². The minimum Gasteiger partial charge on any atom is -0.398 e. The fraction of sp³-hybridized carbons (Fsp3) is 0.231. The molecular formula is C13H15NOS2. The molecule has 17 heavy (non-hydrogen) atoms. The van der Waals surface area contributed by atoms with Crippen LogP contribution in [0.25, 0.3) is 0 Å². The van der Waals surface area contributed by atoms with Crippen molar-refractivity contribution in [1.82, 2.24) is 0 Å². The number of hydrogen-bond donors (Lipinski definition) is 2. The number of thioether (sulfide) groups is 1. The predicted octanol–water partition coefficient (Wildman–Crippen LogP) is 3.03. The standard InChI is InChI=1S/C13H15NOS2/c14-12-5-1-2-6-13(12)17-9-10(15)8-11-4-3-7-16-11/h1-7,10,15H,8-9,14H2. The lowest BCUT2D eigenvalue weighted by atomic mass is 10.2. The van der Waals surface area contributed by atoms with Gasteiger partial charge in [-0.15, -0.1) is 23.1 Å². The summed E-state index contributed by atoms with van der Waals surface area (Å²) < 4.78 is 0. The molecule has 3 N–H and O–H groups in total. The second-order valence-corrected chi connectivity index (χ2v) is 5.88. The smallest absolute Gasteiger partial charge is 0.0682 e. The van der Waals surface area contributed by atoms with Crippen LogP contribution in [0.5, 0.6) is 0 Å². The Morgan fingerprint density at radius 1 is 1.24 bits per heavy atom. The number of hydrogen-bond acceptors (Lipinski definition) is 4. The molecule has 0 saturated heterocycles. The first-order valence-electron chi connectivity index (χ1n) is 5.43. The van der Waals surface area contributed by atoms with Crippen molar-refractivity contribution in [3.8, 4) is 0 Å². The van der Waals surface area contributed by atoms with E-state index in [2.05, 4.69) is 6.07 Å². The van der Waals surface area contributed by atoms with Crippen LogP contribution in [0.3, 0.4) is 0 Å². The summed E-state index contributed by atoms with van der Waals surface area (Å²) in [7, 11) is 0. The number of para-hydroxylation sites is 1. The molecule has 0 amide bonds. The van der Waals surface area contributed by atoms with Gasteiger partial charge in [0.25, 0.3) is 0 Å². The summed E-state index contributed by atoms with van der Waals surface area (Å²) in [5, 5.41) is 12.0. The van der Waals surface area contributed by atoms with Crippen LogP contribution in [-0.2, 0) is 6.42 Å². The lowest BCUT2D eigenvalue weighted by Gasteiger charge is -2.10. The van der Waals surface area contributed by atoms with E-state index >= 15 is 0 Å². The van der Waals surface area contributed by atoms with Gasteiger partial charge in [-0.3, -0.25) is 0 Å². The van der Waals surface area contributed by atoms with Crippen molar-refractivity contribution in [2.75, 3.05) is 11.5 Å². The number of aliphatic hydroxyl groups excluding tert-OH is 1. The highest BCUT2D eigenvalue weighted by molar-refractivity contribution is 7.99. The van der Waals surface area contributed by atoms with E-state index in [1.165, 1.54) is 4.88 Å². The average Bonchev–Trinajstić information content (AvgIpc) is 2.81. The number of anilines is 1. The Balaban J connectivity index is 1.84. The van der Waals surface area contributed by atoms with E-state index in [-0.39, 0.29) is 6.10 Å². The molecule has 90 valence electrons. The van der Waals surface area contributed by atoms with E-state index in [1.54, 1.807) is 23.1 Å². The molecule has 1 unspecified atom stereocenters. The Kier molecular flexibility index (Phi) is 4.48. The lowest BCUT2D eigenvalue weighted by Crippen LogP contribution is -2.12. The molecule has 2 aromatic rings. The van der Waals surface area contributed by atoms with Gasteiger partial charge < -0.3 is 10.8 Å². The maximum Gasteiger partial charge on any atom is 0.0682 e. The first kappa shape index (κ1) is 12.5. The number of nitrogen functional groups attached to an aromatic ring is 1. The van der Waals surface area contributed by atoms with Gasteiger partial charge in [0.05, 0.1) is 6.10 Å². The van der Waals surface area contributed by atoms with Gasteiger partial charge in [0.1, 0.15) is 0 Å². The van der Waals surface area contributed by atoms with Gasteiger partial charge in [-0.05, 0) is 23.6 Å². The molecule has 1 aromatic carbocycles. The number of nitrogens with two attached hydrogens (primary N) is 1. The Bertz CT molecular complexity index is 456. The van der Waals surface area contributed by atoms with Crippen molar-refractivity contribution in [2.24, 2.45) is 0 Å². The van der Waals surface area contributed by atoms with Crippen LogP contribution < -0.4 is 5.73 Å². The second kappa shape index (κ2) is 6.10. The highest BCUT2D eigenvalue weighted by Crippen LogP contribution is 2.25. The highest BCUT2D eigenvalue weighted by atomic mass is 32.2. The fourth-order valence-electron chi connectivity index (χ4n) is 1.52. The zero-order chi connectivity index (χ0) is 12.1. The molecule has 1 heterocycles. The molecule has 0 aliphatic heterocycles. The lowest BCUT2D eigenvalue weighted by molar-refractivity contribution is 0.201. The molecule has 0 aliphatic rings. The molecule has 0 aliphatic carbocycles. The van der Waals surface area contributed by atoms with Crippen LogP contribution in [0, 0.1) is 0 Å². The van der Waals surface area contributed by atoms with E-state index in [4.69, 9.17) is 5.73 Å². The predicted molar refractivity (Wildman–Crippen MR) is 75.6 cm³/mol. The summed E-state index contributed by atoms with van der Waals surface area (Å²) in [6.45, 7) is 0. The normalized spacial score (nSPS) is 12.5. The zero-order valence-electron chi connectivity index (χ0n) is 9.37. The summed E-state index contributed by atoms with van der Waals surface area (Å²) in [6.07, 6.45) is 0.399. The van der Waals surface area contributed by atoms with Crippen LogP contribution in [0.1, 0.15) is 4.88 Å². The van der Waals surface area contributed by atoms with Crippen molar-refractivity contribution < 1.29 is 5.11 Å². The molecule has 0 bridgehead atoms. The van der Waals surface area contributed by atoms with Gasteiger partial charge in [-0.25, -0.2) is 0 Å². The second-order valence-electron chi connectivity index (χ2n) is 3.79. The third-order valence-electron chi connectivity index (χ3n) is 2.37. The largest absolute Gasteiger partial charge is 0.398 e. The highest BCUT2D eigenvalue weighted by Gasteiger charge is 2.08. The molecule has 1 aromatic heterocycles. The minimum atomic E-state index is -0.321. The molecule has 4 heteroatoms. The van der Waals surface area contributed by atoms with Crippen LogP contribution in [-0.4, -0.2) is 17.0 Å². The quantitative estimate of drug-likeness (QED) is 0.645. The number of rotatable bonds is 5. The monoisotopic (exact) mass is 265 g/mol. The van der Waals surface area contributed by atoms with Crippen LogP contribution in [0.4, 0.5) is 5.69 Å². The molecule has 0 spiro atoms. The third kappa shape index (κ3) is 3.77. The summed E-state index contributed by atoms with van der Waals surface area (Å²) >= 11 is 3.29. The van der Waals surface area contributed by atoms with Gasteiger partial charge >= 0.3 is 0 Å². The summed E-state index contributed by atoms with van der Waals surface area (Å²) in [5.41, 5.74) is 6.62. The molecule has 2 nitrogen and oxygen atoms in total. The Hall–Kier alpha value is -0.970. The van der Waals surface area contributed by atoms with E-state index in [1.807, 2.05) is 35.7 Å². The van der Waals surface area contributed by atoms with Crippen LogP contribution in [0.2, 0.25) is 0 Å². The zero-order valence-corrected chi connectivity index (χ0v) is 11.0.